The van der Waals surface area contributed by atoms with Crippen molar-refractivity contribution in [3.63, 3.8) is 0 Å². The van der Waals surface area contributed by atoms with Gasteiger partial charge in [-0.1, -0.05) is 29.8 Å². The summed E-state index contributed by atoms with van der Waals surface area (Å²) in [7, 11) is -4.01. The Morgan fingerprint density at radius 3 is 2.29 bits per heavy atom. The number of sulfonamides is 1. The molecule has 0 spiro atoms. The van der Waals surface area contributed by atoms with Crippen molar-refractivity contribution in [2.45, 2.75) is 24.2 Å². The first kappa shape index (κ1) is 20.4. The lowest BCUT2D eigenvalue weighted by Crippen LogP contribution is -2.30. The van der Waals surface area contributed by atoms with E-state index in [-0.39, 0.29) is 23.5 Å². The molecule has 0 saturated heterocycles. The van der Waals surface area contributed by atoms with E-state index in [1.165, 1.54) is 42.7 Å². The molecule has 0 radical (unpaired) electrons. The Morgan fingerprint density at radius 1 is 0.964 bits per heavy atom. The molecular formula is C19H15ClF3NO3S. The van der Waals surface area contributed by atoms with Gasteiger partial charge in [0, 0.05) is 11.6 Å². The van der Waals surface area contributed by atoms with Gasteiger partial charge in [0.05, 0.1) is 23.3 Å². The number of rotatable bonds is 6. The standard InChI is InChI=1S/C19H15ClF3NO3S/c20-16-6-8-18(9-7-16)28(25,26)24(13-17-5-2-10-27-17)12-14-3-1-4-15(11-14)19(21,22)23/h1-11H,12-13H2. The summed E-state index contributed by atoms with van der Waals surface area (Å²) in [6, 6.07) is 13.3. The maximum absolute atomic E-state index is 13.1. The van der Waals surface area contributed by atoms with Crippen molar-refractivity contribution in [2.75, 3.05) is 0 Å². The lowest BCUT2D eigenvalue weighted by Gasteiger charge is -2.22. The molecule has 0 amide bonds. The molecule has 1 aromatic heterocycles. The minimum Gasteiger partial charge on any atom is -0.468 e. The molecule has 0 aliphatic carbocycles. The zero-order chi connectivity index (χ0) is 20.4. The van der Waals surface area contributed by atoms with Gasteiger partial charge in [0.15, 0.2) is 0 Å². The van der Waals surface area contributed by atoms with Gasteiger partial charge in [-0.3, -0.25) is 0 Å². The number of halogens is 4. The van der Waals surface area contributed by atoms with Gasteiger partial charge in [0.25, 0.3) is 0 Å². The van der Waals surface area contributed by atoms with Crippen LogP contribution in [0.3, 0.4) is 0 Å². The summed E-state index contributed by atoms with van der Waals surface area (Å²) >= 11 is 5.82. The number of alkyl halides is 3. The average molecular weight is 430 g/mol. The van der Waals surface area contributed by atoms with Gasteiger partial charge in [-0.05, 0) is 48.0 Å². The van der Waals surface area contributed by atoms with Crippen LogP contribution in [0, 0.1) is 0 Å². The Hall–Kier alpha value is -2.29. The molecule has 9 heteroatoms. The van der Waals surface area contributed by atoms with Crippen LogP contribution in [-0.2, 0) is 29.3 Å². The highest BCUT2D eigenvalue weighted by atomic mass is 35.5. The maximum atomic E-state index is 13.1. The number of benzene rings is 2. The normalized spacial score (nSPS) is 12.5. The molecule has 0 N–H and O–H groups in total. The second-order valence-corrected chi connectivity index (χ2v) is 8.38. The van der Waals surface area contributed by atoms with Crippen molar-refractivity contribution in [3.05, 3.63) is 88.8 Å². The fourth-order valence-electron chi connectivity index (χ4n) is 2.61. The molecule has 148 valence electrons. The summed E-state index contributed by atoms with van der Waals surface area (Å²) in [5.41, 5.74) is -0.634. The third kappa shape index (κ3) is 4.76. The highest BCUT2D eigenvalue weighted by Gasteiger charge is 2.31. The number of nitrogens with zero attached hydrogens (tertiary/aromatic N) is 1. The van der Waals surface area contributed by atoms with Gasteiger partial charge < -0.3 is 4.42 Å². The van der Waals surface area contributed by atoms with Gasteiger partial charge in [-0.2, -0.15) is 17.5 Å². The second-order valence-electron chi connectivity index (χ2n) is 6.00. The largest absolute Gasteiger partial charge is 0.468 e. The first-order chi connectivity index (χ1) is 13.2. The van der Waals surface area contributed by atoms with E-state index < -0.39 is 21.8 Å². The quantitative estimate of drug-likeness (QED) is 0.531. The van der Waals surface area contributed by atoms with Gasteiger partial charge in [0.2, 0.25) is 10.0 Å². The number of furan rings is 1. The summed E-state index contributed by atoms with van der Waals surface area (Å²) in [5.74, 6) is 0.365. The predicted octanol–water partition coefficient (Wildman–Crippen LogP) is 5.34. The van der Waals surface area contributed by atoms with Crippen LogP contribution < -0.4 is 0 Å². The molecule has 3 rings (SSSR count). The summed E-state index contributed by atoms with van der Waals surface area (Å²) in [6.07, 6.45) is -3.12. The Labute approximate surface area is 165 Å². The Balaban J connectivity index is 1.97. The number of hydrogen-bond acceptors (Lipinski definition) is 3. The van der Waals surface area contributed by atoms with E-state index in [0.717, 1.165) is 16.4 Å². The third-order valence-electron chi connectivity index (χ3n) is 3.98. The average Bonchev–Trinajstić information content (AvgIpc) is 3.14. The van der Waals surface area contributed by atoms with Crippen LogP contribution >= 0.6 is 11.6 Å². The van der Waals surface area contributed by atoms with Crippen LogP contribution in [0.25, 0.3) is 0 Å². The molecule has 0 aliphatic rings. The van der Waals surface area contributed by atoms with Gasteiger partial charge in [-0.15, -0.1) is 0 Å². The van der Waals surface area contributed by atoms with Crippen molar-refractivity contribution < 1.29 is 26.0 Å². The van der Waals surface area contributed by atoms with Crippen LogP contribution in [0.5, 0.6) is 0 Å². The molecule has 0 unspecified atom stereocenters. The fourth-order valence-corrected chi connectivity index (χ4v) is 4.13. The van der Waals surface area contributed by atoms with Crippen molar-refractivity contribution in [1.82, 2.24) is 4.31 Å². The van der Waals surface area contributed by atoms with Crippen LogP contribution in [0.2, 0.25) is 5.02 Å². The Kier molecular flexibility index (Phi) is 5.83. The van der Waals surface area contributed by atoms with Crippen LogP contribution in [-0.4, -0.2) is 12.7 Å². The van der Waals surface area contributed by atoms with E-state index in [4.69, 9.17) is 16.0 Å². The molecule has 4 nitrogen and oxygen atoms in total. The minimum atomic E-state index is -4.52. The molecule has 0 saturated carbocycles. The zero-order valence-electron chi connectivity index (χ0n) is 14.4. The van der Waals surface area contributed by atoms with E-state index in [1.54, 1.807) is 12.1 Å². The lowest BCUT2D eigenvalue weighted by atomic mass is 10.1. The first-order valence-corrected chi connectivity index (χ1v) is 9.92. The summed E-state index contributed by atoms with van der Waals surface area (Å²) in [4.78, 5) is -0.0181. The maximum Gasteiger partial charge on any atom is 0.416 e. The van der Waals surface area contributed by atoms with Gasteiger partial charge in [-0.25, -0.2) is 8.42 Å². The van der Waals surface area contributed by atoms with Crippen molar-refractivity contribution in [3.8, 4) is 0 Å². The van der Waals surface area contributed by atoms with E-state index in [9.17, 15) is 21.6 Å². The highest BCUT2D eigenvalue weighted by molar-refractivity contribution is 7.89. The SMILES string of the molecule is O=S(=O)(c1ccc(Cl)cc1)N(Cc1cccc(C(F)(F)F)c1)Cc1ccco1. The van der Waals surface area contributed by atoms with Gasteiger partial charge in [0.1, 0.15) is 5.76 Å². The Bertz CT molecular complexity index is 1030. The smallest absolute Gasteiger partial charge is 0.416 e. The van der Waals surface area contributed by atoms with Crippen LogP contribution in [0.1, 0.15) is 16.9 Å². The summed E-state index contributed by atoms with van der Waals surface area (Å²) in [5, 5.41) is 0.370. The second kappa shape index (κ2) is 7.98. The molecule has 2 aromatic carbocycles. The minimum absolute atomic E-state index is 0.0181. The molecule has 0 fully saturated rings. The van der Waals surface area contributed by atoms with E-state index in [1.807, 2.05) is 0 Å². The fraction of sp³-hybridized carbons (Fsp3) is 0.158. The Morgan fingerprint density at radius 2 is 1.68 bits per heavy atom. The topological polar surface area (TPSA) is 50.5 Å². The van der Waals surface area contributed by atoms with E-state index >= 15 is 0 Å². The van der Waals surface area contributed by atoms with Crippen LogP contribution in [0.4, 0.5) is 13.2 Å². The summed E-state index contributed by atoms with van der Waals surface area (Å²) < 4.78 is 71.4. The number of hydrogen-bond donors (Lipinski definition) is 0. The van der Waals surface area contributed by atoms with Gasteiger partial charge >= 0.3 is 6.18 Å². The zero-order valence-corrected chi connectivity index (χ0v) is 15.9. The summed E-state index contributed by atoms with van der Waals surface area (Å²) in [6.45, 7) is -0.385. The molecule has 0 aliphatic heterocycles. The molecular weight excluding hydrogens is 415 g/mol. The van der Waals surface area contributed by atoms with Crippen molar-refractivity contribution >= 4 is 21.6 Å². The van der Waals surface area contributed by atoms with Crippen molar-refractivity contribution in [2.24, 2.45) is 0 Å². The van der Waals surface area contributed by atoms with Crippen LogP contribution in [0.15, 0.2) is 76.2 Å². The molecule has 28 heavy (non-hydrogen) atoms. The molecule has 0 bridgehead atoms. The van der Waals surface area contributed by atoms with E-state index in [2.05, 4.69) is 0 Å². The first-order valence-electron chi connectivity index (χ1n) is 8.10. The molecule has 1 heterocycles. The van der Waals surface area contributed by atoms with Crippen molar-refractivity contribution in [1.29, 1.82) is 0 Å². The predicted molar refractivity (Wildman–Crippen MR) is 98.0 cm³/mol. The third-order valence-corrected chi connectivity index (χ3v) is 6.03. The monoisotopic (exact) mass is 429 g/mol. The highest BCUT2D eigenvalue weighted by Crippen LogP contribution is 2.30. The van der Waals surface area contributed by atoms with E-state index in [0.29, 0.717) is 10.8 Å². The molecule has 0 atom stereocenters. The molecule has 3 aromatic rings. The lowest BCUT2D eigenvalue weighted by molar-refractivity contribution is -0.137.